The molecule has 7 heteroatoms. The molecule has 0 spiro atoms. The molecule has 0 bridgehead atoms. The van der Waals surface area contributed by atoms with Gasteiger partial charge in [0, 0.05) is 0 Å². The monoisotopic (exact) mass is 422 g/mol. The fourth-order valence-electron chi connectivity index (χ4n) is 2.68. The van der Waals surface area contributed by atoms with E-state index in [0.29, 0.717) is 0 Å². The van der Waals surface area contributed by atoms with Crippen LogP contribution in [0.5, 0.6) is 0 Å². The second kappa shape index (κ2) is 10.2. The average Bonchev–Trinajstić information content (AvgIpc) is 2.77. The van der Waals surface area contributed by atoms with Crippen molar-refractivity contribution < 1.29 is 19.1 Å². The van der Waals surface area contributed by atoms with Gasteiger partial charge in [-0.3, -0.25) is 25.2 Å². The highest BCUT2D eigenvalue weighted by Crippen LogP contribution is 2.19. The number of hydrazine groups is 1. The third-order valence-electron chi connectivity index (χ3n) is 4.21. The van der Waals surface area contributed by atoms with E-state index in [9.17, 15) is 14.4 Å². The van der Waals surface area contributed by atoms with Gasteiger partial charge in [-0.2, -0.15) is 0 Å². The first-order valence-electron chi connectivity index (χ1n) is 9.16. The van der Waals surface area contributed by atoms with Gasteiger partial charge >= 0.3 is 5.97 Å². The van der Waals surface area contributed by atoms with Crippen LogP contribution in [0.25, 0.3) is 11.1 Å². The van der Waals surface area contributed by atoms with Crippen molar-refractivity contribution in [2.45, 2.75) is 6.42 Å². The van der Waals surface area contributed by atoms with E-state index in [4.69, 9.17) is 16.3 Å². The van der Waals surface area contributed by atoms with Crippen LogP contribution in [0.4, 0.5) is 0 Å². The van der Waals surface area contributed by atoms with Crippen molar-refractivity contribution in [3.05, 3.63) is 95.0 Å². The third-order valence-corrected chi connectivity index (χ3v) is 4.54. The lowest BCUT2D eigenvalue weighted by atomic mass is 10.0. The normalized spacial score (nSPS) is 10.2. The van der Waals surface area contributed by atoms with E-state index in [2.05, 4.69) is 10.9 Å². The van der Waals surface area contributed by atoms with E-state index in [0.717, 1.165) is 16.7 Å². The first-order chi connectivity index (χ1) is 14.5. The van der Waals surface area contributed by atoms with Crippen LogP contribution in [0.3, 0.4) is 0 Å². The summed E-state index contributed by atoms with van der Waals surface area (Å²) >= 11 is 5.92. The molecule has 0 fully saturated rings. The first kappa shape index (κ1) is 21.1. The Kier molecular flexibility index (Phi) is 7.19. The highest BCUT2D eigenvalue weighted by atomic mass is 35.5. The summed E-state index contributed by atoms with van der Waals surface area (Å²) in [4.78, 5) is 35.7. The van der Waals surface area contributed by atoms with Gasteiger partial charge in [-0.05, 0) is 28.8 Å². The second-order valence-electron chi connectivity index (χ2n) is 6.38. The van der Waals surface area contributed by atoms with Crippen molar-refractivity contribution in [3.8, 4) is 11.1 Å². The third kappa shape index (κ3) is 5.93. The number of esters is 1. The van der Waals surface area contributed by atoms with Gasteiger partial charge in [-0.1, -0.05) is 78.3 Å². The van der Waals surface area contributed by atoms with Crippen LogP contribution in [0.15, 0.2) is 78.9 Å². The summed E-state index contributed by atoms with van der Waals surface area (Å²) in [6.07, 6.45) is 0.0360. The number of ether oxygens (including phenoxy) is 1. The molecule has 0 aliphatic heterocycles. The van der Waals surface area contributed by atoms with Crippen LogP contribution < -0.4 is 10.9 Å². The standard InChI is InChI=1S/C23H19ClN2O4/c24-20-9-5-4-8-19(20)23(29)26-25-21(27)15-30-22(28)14-16-10-12-18(13-11-16)17-6-2-1-3-7-17/h1-13H,14-15H2,(H,25,27)(H,26,29). The highest BCUT2D eigenvalue weighted by Gasteiger charge is 2.12. The molecule has 0 unspecified atom stereocenters. The molecule has 0 heterocycles. The number of hydrogen-bond donors (Lipinski definition) is 2. The smallest absolute Gasteiger partial charge is 0.310 e. The van der Waals surface area contributed by atoms with Gasteiger partial charge in [-0.25, -0.2) is 0 Å². The quantitative estimate of drug-likeness (QED) is 0.470. The maximum Gasteiger partial charge on any atom is 0.310 e. The van der Waals surface area contributed by atoms with Crippen molar-refractivity contribution >= 4 is 29.4 Å². The Morgan fingerprint density at radius 3 is 2.10 bits per heavy atom. The second-order valence-corrected chi connectivity index (χ2v) is 6.79. The Morgan fingerprint density at radius 1 is 0.767 bits per heavy atom. The predicted molar refractivity (Wildman–Crippen MR) is 114 cm³/mol. The minimum atomic E-state index is -0.664. The van der Waals surface area contributed by atoms with E-state index < -0.39 is 24.4 Å². The van der Waals surface area contributed by atoms with Crippen LogP contribution >= 0.6 is 11.6 Å². The van der Waals surface area contributed by atoms with Crippen LogP contribution in [0.2, 0.25) is 5.02 Å². The minimum absolute atomic E-state index is 0.0360. The van der Waals surface area contributed by atoms with E-state index in [-0.39, 0.29) is 17.0 Å². The van der Waals surface area contributed by atoms with E-state index >= 15 is 0 Å². The molecule has 3 rings (SSSR count). The largest absolute Gasteiger partial charge is 0.455 e. The van der Waals surface area contributed by atoms with Crippen LogP contribution in [0.1, 0.15) is 15.9 Å². The Balaban J connectivity index is 1.42. The average molecular weight is 423 g/mol. The molecule has 2 amide bonds. The summed E-state index contributed by atoms with van der Waals surface area (Å²) < 4.78 is 4.96. The molecular formula is C23H19ClN2O4. The molecule has 0 aliphatic carbocycles. The molecule has 0 radical (unpaired) electrons. The van der Waals surface area contributed by atoms with Crippen molar-refractivity contribution in [1.29, 1.82) is 0 Å². The topological polar surface area (TPSA) is 84.5 Å². The molecule has 0 atom stereocenters. The summed E-state index contributed by atoms with van der Waals surface area (Å²) in [5, 5.41) is 0.258. The summed E-state index contributed by atoms with van der Waals surface area (Å²) in [5.74, 6) is -1.78. The zero-order valence-corrected chi connectivity index (χ0v) is 16.7. The predicted octanol–water partition coefficient (Wildman–Crippen LogP) is 3.55. The molecule has 0 aliphatic rings. The van der Waals surface area contributed by atoms with Gasteiger partial charge in [0.05, 0.1) is 17.0 Å². The summed E-state index contributed by atoms with van der Waals surface area (Å²) in [5.41, 5.74) is 7.52. The zero-order valence-electron chi connectivity index (χ0n) is 15.9. The lowest BCUT2D eigenvalue weighted by molar-refractivity contribution is -0.148. The Hall–Kier alpha value is -3.64. The van der Waals surface area contributed by atoms with Gasteiger partial charge in [0.15, 0.2) is 6.61 Å². The van der Waals surface area contributed by atoms with Crippen molar-refractivity contribution in [2.75, 3.05) is 6.61 Å². The molecule has 0 saturated carbocycles. The number of hydrogen-bond acceptors (Lipinski definition) is 4. The van der Waals surface area contributed by atoms with Crippen LogP contribution in [-0.4, -0.2) is 24.4 Å². The Bertz CT molecular complexity index is 1040. The molecule has 6 nitrogen and oxygen atoms in total. The molecule has 3 aromatic rings. The molecule has 3 aromatic carbocycles. The number of nitrogens with one attached hydrogen (secondary N) is 2. The number of carbonyl (C=O) groups is 3. The summed E-state index contributed by atoms with van der Waals surface area (Å²) in [6, 6.07) is 23.8. The van der Waals surface area contributed by atoms with E-state index in [1.165, 1.54) is 6.07 Å². The molecule has 152 valence electrons. The zero-order chi connectivity index (χ0) is 21.3. The molecule has 0 aromatic heterocycles. The van der Waals surface area contributed by atoms with Gasteiger partial charge < -0.3 is 4.74 Å². The lowest BCUT2D eigenvalue weighted by Gasteiger charge is -2.09. The number of amides is 2. The molecular weight excluding hydrogens is 404 g/mol. The Morgan fingerprint density at radius 2 is 1.40 bits per heavy atom. The summed E-state index contributed by atoms with van der Waals surface area (Å²) in [6.45, 7) is -0.510. The molecule has 0 saturated heterocycles. The lowest BCUT2D eigenvalue weighted by Crippen LogP contribution is -2.43. The highest BCUT2D eigenvalue weighted by molar-refractivity contribution is 6.33. The van der Waals surface area contributed by atoms with Crippen molar-refractivity contribution in [1.82, 2.24) is 10.9 Å². The first-order valence-corrected chi connectivity index (χ1v) is 9.54. The van der Waals surface area contributed by atoms with Crippen molar-refractivity contribution in [2.24, 2.45) is 0 Å². The van der Waals surface area contributed by atoms with Gasteiger partial charge in [0.25, 0.3) is 11.8 Å². The number of rotatable bonds is 6. The van der Waals surface area contributed by atoms with E-state index in [1.54, 1.807) is 18.2 Å². The number of carbonyl (C=O) groups excluding carboxylic acids is 3. The fourth-order valence-corrected chi connectivity index (χ4v) is 2.91. The molecule has 30 heavy (non-hydrogen) atoms. The maximum atomic E-state index is 12.0. The van der Waals surface area contributed by atoms with Gasteiger partial charge in [-0.15, -0.1) is 0 Å². The SMILES string of the molecule is O=C(COC(=O)Cc1ccc(-c2ccccc2)cc1)NNC(=O)c1ccccc1Cl. The van der Waals surface area contributed by atoms with Crippen LogP contribution in [-0.2, 0) is 20.7 Å². The minimum Gasteiger partial charge on any atom is -0.455 e. The fraction of sp³-hybridized carbons (Fsp3) is 0.0870. The maximum absolute atomic E-state index is 12.0. The number of benzene rings is 3. The van der Waals surface area contributed by atoms with Gasteiger partial charge in [0.1, 0.15) is 0 Å². The van der Waals surface area contributed by atoms with E-state index in [1.807, 2.05) is 54.6 Å². The number of halogens is 1. The Labute approximate surface area is 178 Å². The van der Waals surface area contributed by atoms with Crippen molar-refractivity contribution in [3.63, 3.8) is 0 Å². The summed E-state index contributed by atoms with van der Waals surface area (Å²) in [7, 11) is 0. The van der Waals surface area contributed by atoms with Gasteiger partial charge in [0.2, 0.25) is 0 Å². The molecule has 2 N–H and O–H groups in total. The van der Waals surface area contributed by atoms with Crippen LogP contribution in [0, 0.1) is 0 Å².